The second-order valence-electron chi connectivity index (χ2n) is 8.78. The number of alkyl halides is 3. The maximum Gasteiger partial charge on any atom is 0.419 e. The third kappa shape index (κ3) is 5.31. The smallest absolute Gasteiger partial charge is 0.335 e. The number of halogens is 4. The Morgan fingerprint density at radius 3 is 2.46 bits per heavy atom. The number of rotatable bonds is 5. The molecule has 0 unspecified atom stereocenters. The number of benzene rings is 1. The molecule has 1 amide bonds. The molecule has 184 valence electrons. The summed E-state index contributed by atoms with van der Waals surface area (Å²) in [5.74, 6) is 0.0272. The molecule has 0 N–H and O–H groups in total. The molecule has 3 heterocycles. The summed E-state index contributed by atoms with van der Waals surface area (Å²) in [6.45, 7) is 4.16. The minimum Gasteiger partial charge on any atom is -0.335 e. The fraction of sp³-hybridized carbons (Fsp3) is 0.400. The van der Waals surface area contributed by atoms with Gasteiger partial charge in [-0.25, -0.2) is 24.3 Å². The number of nitrogens with zero attached hydrogens (tertiary/aromatic N) is 5. The number of aryl methyl sites for hydroxylation is 1. The lowest BCUT2D eigenvalue weighted by molar-refractivity contribution is -0.138. The number of likely N-dealkylation sites (tertiary alicyclic amines) is 1. The SMILES string of the molecule is Cc1c(F)ccc(C(=O)N2CCC[C@@H](C)[C@H]2CCc2ncc(C(F)(F)F)cn2)c1-c1ncccn1. The molecule has 0 bridgehead atoms. The molecule has 1 fully saturated rings. The highest BCUT2D eigenvalue weighted by atomic mass is 19.4. The highest BCUT2D eigenvalue weighted by Crippen LogP contribution is 2.33. The first-order chi connectivity index (χ1) is 16.7. The zero-order valence-corrected chi connectivity index (χ0v) is 19.4. The van der Waals surface area contributed by atoms with E-state index in [9.17, 15) is 22.4 Å². The average molecular weight is 488 g/mol. The van der Waals surface area contributed by atoms with E-state index in [0.29, 0.717) is 41.9 Å². The summed E-state index contributed by atoms with van der Waals surface area (Å²) in [6, 6.07) is 4.21. The van der Waals surface area contributed by atoms with Crippen LogP contribution in [0.5, 0.6) is 0 Å². The van der Waals surface area contributed by atoms with Gasteiger partial charge in [-0.3, -0.25) is 4.79 Å². The normalized spacial score (nSPS) is 18.5. The van der Waals surface area contributed by atoms with Crippen LogP contribution in [-0.2, 0) is 12.6 Å². The lowest BCUT2D eigenvalue weighted by Crippen LogP contribution is -2.48. The first-order valence-electron chi connectivity index (χ1n) is 11.4. The number of hydrogen-bond acceptors (Lipinski definition) is 5. The van der Waals surface area contributed by atoms with Crippen LogP contribution >= 0.6 is 0 Å². The number of carbonyl (C=O) groups is 1. The molecule has 6 nitrogen and oxygen atoms in total. The fourth-order valence-corrected chi connectivity index (χ4v) is 4.58. The summed E-state index contributed by atoms with van der Waals surface area (Å²) in [5, 5.41) is 0. The number of piperidine rings is 1. The van der Waals surface area contributed by atoms with Crippen molar-refractivity contribution in [2.24, 2.45) is 5.92 Å². The molecule has 1 saturated heterocycles. The van der Waals surface area contributed by atoms with Crippen LogP contribution in [0.4, 0.5) is 17.6 Å². The molecule has 2 aromatic heterocycles. The van der Waals surface area contributed by atoms with Crippen molar-refractivity contribution in [3.63, 3.8) is 0 Å². The van der Waals surface area contributed by atoms with Crippen molar-refractivity contribution in [1.82, 2.24) is 24.8 Å². The molecule has 0 spiro atoms. The first-order valence-corrected chi connectivity index (χ1v) is 11.4. The molecule has 1 aliphatic heterocycles. The van der Waals surface area contributed by atoms with E-state index in [1.807, 2.05) is 0 Å². The summed E-state index contributed by atoms with van der Waals surface area (Å²) in [4.78, 5) is 31.7. The Bertz CT molecular complexity index is 1180. The second-order valence-corrected chi connectivity index (χ2v) is 8.78. The predicted octanol–water partition coefficient (Wildman–Crippen LogP) is 5.27. The van der Waals surface area contributed by atoms with Gasteiger partial charge in [0, 0.05) is 49.4 Å². The Hall–Kier alpha value is -3.43. The number of aromatic nitrogens is 4. The van der Waals surface area contributed by atoms with Crippen LogP contribution in [0.25, 0.3) is 11.4 Å². The van der Waals surface area contributed by atoms with Crippen LogP contribution in [0.3, 0.4) is 0 Å². The van der Waals surface area contributed by atoms with Gasteiger partial charge in [-0.2, -0.15) is 13.2 Å². The van der Waals surface area contributed by atoms with Crippen molar-refractivity contribution in [2.75, 3.05) is 6.54 Å². The molecule has 0 saturated carbocycles. The Labute approximate surface area is 200 Å². The van der Waals surface area contributed by atoms with Crippen LogP contribution in [0.1, 0.15) is 53.5 Å². The van der Waals surface area contributed by atoms with Crippen molar-refractivity contribution >= 4 is 5.91 Å². The maximum absolute atomic E-state index is 14.4. The van der Waals surface area contributed by atoms with Crippen LogP contribution in [-0.4, -0.2) is 43.3 Å². The minimum atomic E-state index is -4.49. The van der Waals surface area contributed by atoms with E-state index in [1.54, 1.807) is 17.9 Å². The van der Waals surface area contributed by atoms with Crippen LogP contribution in [0, 0.1) is 18.7 Å². The van der Waals surface area contributed by atoms with Gasteiger partial charge in [-0.1, -0.05) is 6.92 Å². The molecular formula is C25H25F4N5O. The van der Waals surface area contributed by atoms with E-state index in [2.05, 4.69) is 26.9 Å². The monoisotopic (exact) mass is 487 g/mol. The van der Waals surface area contributed by atoms with E-state index >= 15 is 0 Å². The zero-order valence-electron chi connectivity index (χ0n) is 19.4. The molecular weight excluding hydrogens is 462 g/mol. The van der Waals surface area contributed by atoms with Gasteiger partial charge < -0.3 is 4.90 Å². The molecule has 4 rings (SSSR count). The summed E-state index contributed by atoms with van der Waals surface area (Å²) in [5.41, 5.74) is 0.0758. The average Bonchev–Trinajstić information content (AvgIpc) is 2.84. The Balaban J connectivity index is 1.60. The number of carbonyl (C=O) groups excluding carboxylic acids is 1. The van der Waals surface area contributed by atoms with Gasteiger partial charge in [0.1, 0.15) is 11.6 Å². The van der Waals surface area contributed by atoms with Crippen molar-refractivity contribution in [1.29, 1.82) is 0 Å². The third-order valence-electron chi connectivity index (χ3n) is 6.49. The molecule has 2 atom stereocenters. The molecule has 0 aliphatic carbocycles. The summed E-state index contributed by atoms with van der Waals surface area (Å²) >= 11 is 0. The van der Waals surface area contributed by atoms with E-state index in [4.69, 9.17) is 0 Å². The molecule has 0 radical (unpaired) electrons. The molecule has 10 heteroatoms. The van der Waals surface area contributed by atoms with Crippen molar-refractivity contribution in [3.05, 3.63) is 71.3 Å². The van der Waals surface area contributed by atoms with E-state index < -0.39 is 17.6 Å². The molecule has 3 aromatic rings. The molecule has 1 aromatic carbocycles. The van der Waals surface area contributed by atoms with Gasteiger partial charge in [0.2, 0.25) is 0 Å². The zero-order chi connectivity index (χ0) is 25.2. The standard InChI is InChI=1S/C25H25F4N5O/c1-15-5-3-12-34(20(15)8-9-21-32-13-17(14-33-21)25(27,28)29)24(35)18-6-7-19(26)16(2)22(18)23-30-10-4-11-31-23/h4,6-7,10-11,13-15,20H,3,5,8-9,12H2,1-2H3/t15-,20-/m1/s1. The number of hydrogen-bond donors (Lipinski definition) is 0. The fourth-order valence-electron chi connectivity index (χ4n) is 4.58. The van der Waals surface area contributed by atoms with Crippen molar-refractivity contribution in [2.45, 2.75) is 51.7 Å². The Morgan fingerprint density at radius 2 is 1.80 bits per heavy atom. The highest BCUT2D eigenvalue weighted by molar-refractivity contribution is 6.01. The minimum absolute atomic E-state index is 0.167. The van der Waals surface area contributed by atoms with Crippen molar-refractivity contribution < 1.29 is 22.4 Å². The largest absolute Gasteiger partial charge is 0.419 e. The summed E-state index contributed by atoms with van der Waals surface area (Å²) < 4.78 is 52.8. The number of amides is 1. The summed E-state index contributed by atoms with van der Waals surface area (Å²) in [7, 11) is 0. The van der Waals surface area contributed by atoms with Gasteiger partial charge in [0.25, 0.3) is 5.91 Å². The van der Waals surface area contributed by atoms with Crippen LogP contribution < -0.4 is 0 Å². The topological polar surface area (TPSA) is 71.9 Å². The Morgan fingerprint density at radius 1 is 1.11 bits per heavy atom. The summed E-state index contributed by atoms with van der Waals surface area (Å²) in [6.07, 6.45) is 2.70. The quantitative estimate of drug-likeness (QED) is 0.459. The predicted molar refractivity (Wildman–Crippen MR) is 121 cm³/mol. The molecule has 1 aliphatic rings. The van der Waals surface area contributed by atoms with E-state index in [0.717, 1.165) is 25.2 Å². The van der Waals surface area contributed by atoms with Gasteiger partial charge in [-0.15, -0.1) is 0 Å². The van der Waals surface area contributed by atoms with Gasteiger partial charge in [-0.05, 0) is 55.9 Å². The third-order valence-corrected chi connectivity index (χ3v) is 6.49. The van der Waals surface area contributed by atoms with Crippen LogP contribution in [0.15, 0.2) is 43.0 Å². The van der Waals surface area contributed by atoms with Crippen LogP contribution in [0.2, 0.25) is 0 Å². The van der Waals surface area contributed by atoms with E-state index in [-0.39, 0.29) is 23.7 Å². The second kappa shape index (κ2) is 10.1. The van der Waals surface area contributed by atoms with Gasteiger partial charge >= 0.3 is 6.18 Å². The Kier molecular flexibility index (Phi) is 7.09. The molecule has 35 heavy (non-hydrogen) atoms. The van der Waals surface area contributed by atoms with Gasteiger partial charge in [0.05, 0.1) is 11.1 Å². The lowest BCUT2D eigenvalue weighted by atomic mass is 9.86. The first kappa shape index (κ1) is 24.7. The maximum atomic E-state index is 14.4. The van der Waals surface area contributed by atoms with Crippen molar-refractivity contribution in [3.8, 4) is 11.4 Å². The van der Waals surface area contributed by atoms with E-state index in [1.165, 1.54) is 24.5 Å². The lowest BCUT2D eigenvalue weighted by Gasteiger charge is -2.40. The highest BCUT2D eigenvalue weighted by Gasteiger charge is 2.35. The van der Waals surface area contributed by atoms with Gasteiger partial charge in [0.15, 0.2) is 5.82 Å².